The first-order valence-electron chi connectivity index (χ1n) is 11.2. The largest absolute Gasteiger partial charge is 0.444 e. The van der Waals surface area contributed by atoms with Gasteiger partial charge in [0.15, 0.2) is 5.82 Å². The molecule has 0 unspecified atom stereocenters. The number of ether oxygens (including phenoxy) is 2. The molecular formula is C23H37BrN4O3. The maximum atomic E-state index is 12.4. The van der Waals surface area contributed by atoms with Gasteiger partial charge in [-0.1, -0.05) is 0 Å². The van der Waals surface area contributed by atoms with Gasteiger partial charge in [0.2, 0.25) is 0 Å². The summed E-state index contributed by atoms with van der Waals surface area (Å²) in [5.74, 6) is 0.988. The van der Waals surface area contributed by atoms with E-state index in [1.165, 1.54) is 0 Å². The Balaban J connectivity index is 1.64. The molecule has 1 aromatic heterocycles. The van der Waals surface area contributed by atoms with Crippen LogP contribution in [-0.2, 0) is 9.47 Å². The maximum absolute atomic E-state index is 12.4. The molecule has 0 saturated carbocycles. The van der Waals surface area contributed by atoms with Gasteiger partial charge in [-0.2, -0.15) is 0 Å². The first kappa shape index (κ1) is 24.1. The minimum Gasteiger partial charge on any atom is -0.444 e. The fraction of sp³-hybridized carbons (Fsp3) is 0.739. The van der Waals surface area contributed by atoms with Gasteiger partial charge in [0, 0.05) is 49.9 Å². The summed E-state index contributed by atoms with van der Waals surface area (Å²) in [7, 11) is 0. The van der Waals surface area contributed by atoms with E-state index < -0.39 is 5.60 Å². The Morgan fingerprint density at radius 1 is 0.968 bits per heavy atom. The SMILES string of the molecule is CC(C)(C)OC(=O)N1CCN(c2ncc(Br)cc2N2CCC(OC(C)(C)C)CC2)CC1. The van der Waals surface area contributed by atoms with E-state index in [0.29, 0.717) is 19.2 Å². The average Bonchev–Trinajstić information content (AvgIpc) is 2.66. The van der Waals surface area contributed by atoms with Crippen LogP contribution in [0.25, 0.3) is 0 Å². The van der Waals surface area contributed by atoms with Gasteiger partial charge in [-0.3, -0.25) is 0 Å². The van der Waals surface area contributed by atoms with Gasteiger partial charge in [-0.15, -0.1) is 0 Å². The zero-order valence-corrected chi connectivity index (χ0v) is 21.4. The quantitative estimate of drug-likeness (QED) is 0.604. The molecule has 3 heterocycles. The van der Waals surface area contributed by atoms with E-state index >= 15 is 0 Å². The number of nitrogens with zero attached hydrogens (tertiary/aromatic N) is 4. The lowest BCUT2D eigenvalue weighted by atomic mass is 10.1. The van der Waals surface area contributed by atoms with Crippen LogP contribution < -0.4 is 9.80 Å². The molecule has 2 saturated heterocycles. The molecule has 7 nitrogen and oxygen atoms in total. The Kier molecular flexibility index (Phi) is 7.41. The van der Waals surface area contributed by atoms with Gasteiger partial charge < -0.3 is 24.2 Å². The highest BCUT2D eigenvalue weighted by Crippen LogP contribution is 2.33. The van der Waals surface area contributed by atoms with Gasteiger partial charge >= 0.3 is 6.09 Å². The maximum Gasteiger partial charge on any atom is 0.410 e. The van der Waals surface area contributed by atoms with Crippen LogP contribution in [0.4, 0.5) is 16.3 Å². The van der Waals surface area contributed by atoms with Gasteiger partial charge in [0.05, 0.1) is 17.4 Å². The van der Waals surface area contributed by atoms with Gasteiger partial charge in [0.1, 0.15) is 5.60 Å². The molecule has 0 aromatic carbocycles. The Bertz CT molecular complexity index is 759. The van der Waals surface area contributed by atoms with Gasteiger partial charge in [-0.05, 0) is 76.4 Å². The molecule has 174 valence electrons. The predicted octanol–water partition coefficient (Wildman–Crippen LogP) is 4.69. The number of carbonyl (C=O) groups is 1. The fourth-order valence-electron chi connectivity index (χ4n) is 4.04. The average molecular weight is 497 g/mol. The van der Waals surface area contributed by atoms with Crippen molar-refractivity contribution >= 4 is 33.5 Å². The summed E-state index contributed by atoms with van der Waals surface area (Å²) in [5.41, 5.74) is 0.565. The Morgan fingerprint density at radius 3 is 2.13 bits per heavy atom. The normalized spacial score (nSPS) is 19.0. The number of hydrogen-bond donors (Lipinski definition) is 0. The molecule has 2 fully saturated rings. The number of rotatable bonds is 3. The van der Waals surface area contributed by atoms with Crippen molar-refractivity contribution in [2.45, 2.75) is 71.7 Å². The van der Waals surface area contributed by atoms with Crippen molar-refractivity contribution in [1.29, 1.82) is 0 Å². The van der Waals surface area contributed by atoms with E-state index in [9.17, 15) is 4.79 Å². The Morgan fingerprint density at radius 2 is 1.58 bits per heavy atom. The third-order valence-electron chi connectivity index (χ3n) is 5.35. The second-order valence-electron chi connectivity index (χ2n) is 10.4. The lowest BCUT2D eigenvalue weighted by molar-refractivity contribution is -0.0683. The lowest BCUT2D eigenvalue weighted by Crippen LogP contribution is -2.50. The molecule has 0 radical (unpaired) electrons. The number of pyridine rings is 1. The zero-order valence-electron chi connectivity index (χ0n) is 19.8. The van der Waals surface area contributed by atoms with Crippen LogP contribution in [0.3, 0.4) is 0 Å². The third-order valence-corrected chi connectivity index (χ3v) is 5.78. The number of amides is 1. The summed E-state index contributed by atoms with van der Waals surface area (Å²) in [4.78, 5) is 23.6. The topological polar surface area (TPSA) is 58.1 Å². The Hall–Kier alpha value is -1.54. The number of hydrogen-bond acceptors (Lipinski definition) is 6. The smallest absolute Gasteiger partial charge is 0.410 e. The monoisotopic (exact) mass is 496 g/mol. The standard InChI is InChI=1S/C23H37BrN4O3/c1-22(2,3)30-18-7-9-26(10-8-18)19-15-17(24)16-25-20(19)27-11-13-28(14-12-27)21(29)31-23(4,5)6/h15-16,18H,7-14H2,1-6H3. The second-order valence-corrected chi connectivity index (χ2v) is 11.3. The van der Waals surface area contributed by atoms with Gasteiger partial charge in [0.25, 0.3) is 0 Å². The first-order chi connectivity index (χ1) is 14.4. The zero-order chi connectivity index (χ0) is 22.8. The van der Waals surface area contributed by atoms with E-state index in [0.717, 1.165) is 55.0 Å². The summed E-state index contributed by atoms with van der Waals surface area (Å²) < 4.78 is 12.7. The summed E-state index contributed by atoms with van der Waals surface area (Å²) in [6.07, 6.45) is 3.94. The molecule has 0 spiro atoms. The number of halogens is 1. The lowest BCUT2D eigenvalue weighted by Gasteiger charge is -2.40. The van der Waals surface area contributed by atoms with Crippen molar-refractivity contribution in [2.24, 2.45) is 0 Å². The summed E-state index contributed by atoms with van der Waals surface area (Å²) in [6.45, 7) is 16.7. The van der Waals surface area contributed by atoms with Crippen molar-refractivity contribution in [3.05, 3.63) is 16.7 Å². The van der Waals surface area contributed by atoms with Crippen molar-refractivity contribution in [1.82, 2.24) is 9.88 Å². The second kappa shape index (κ2) is 9.53. The number of carbonyl (C=O) groups excluding carboxylic acids is 1. The summed E-state index contributed by atoms with van der Waals surface area (Å²) in [6, 6.07) is 2.16. The van der Waals surface area contributed by atoms with Crippen LogP contribution >= 0.6 is 15.9 Å². The molecule has 0 N–H and O–H groups in total. The molecule has 1 amide bonds. The van der Waals surface area contributed by atoms with Crippen molar-refractivity contribution < 1.29 is 14.3 Å². The number of anilines is 2. The van der Waals surface area contributed by atoms with Crippen molar-refractivity contribution in [2.75, 3.05) is 49.1 Å². The van der Waals surface area contributed by atoms with E-state index in [-0.39, 0.29) is 11.7 Å². The number of piperazine rings is 1. The molecule has 3 rings (SSSR count). The highest BCUT2D eigenvalue weighted by atomic mass is 79.9. The molecule has 0 aliphatic carbocycles. The third kappa shape index (κ3) is 6.97. The highest BCUT2D eigenvalue weighted by Gasteiger charge is 2.30. The molecular weight excluding hydrogens is 460 g/mol. The summed E-state index contributed by atoms with van der Waals surface area (Å²) >= 11 is 3.59. The van der Waals surface area contributed by atoms with Crippen LogP contribution in [0.1, 0.15) is 54.4 Å². The van der Waals surface area contributed by atoms with Crippen molar-refractivity contribution in [3.63, 3.8) is 0 Å². The minimum atomic E-state index is -0.475. The van der Waals surface area contributed by atoms with E-state index in [2.05, 4.69) is 52.6 Å². The minimum absolute atomic E-state index is 0.108. The first-order valence-corrected chi connectivity index (χ1v) is 12.0. The van der Waals surface area contributed by atoms with Crippen LogP contribution in [-0.4, -0.2) is 72.6 Å². The molecule has 1 aromatic rings. The van der Waals surface area contributed by atoms with E-state index in [4.69, 9.17) is 14.5 Å². The van der Waals surface area contributed by atoms with Crippen LogP contribution in [0, 0.1) is 0 Å². The number of piperidine rings is 1. The summed E-state index contributed by atoms with van der Waals surface area (Å²) in [5, 5.41) is 0. The predicted molar refractivity (Wildman–Crippen MR) is 128 cm³/mol. The molecule has 2 aliphatic heterocycles. The highest BCUT2D eigenvalue weighted by molar-refractivity contribution is 9.10. The van der Waals surface area contributed by atoms with Crippen LogP contribution in [0.5, 0.6) is 0 Å². The van der Waals surface area contributed by atoms with Crippen molar-refractivity contribution in [3.8, 4) is 0 Å². The van der Waals surface area contributed by atoms with Crippen LogP contribution in [0.15, 0.2) is 16.7 Å². The number of aromatic nitrogens is 1. The van der Waals surface area contributed by atoms with E-state index in [1.54, 1.807) is 4.90 Å². The molecule has 8 heteroatoms. The Labute approximate surface area is 195 Å². The van der Waals surface area contributed by atoms with E-state index in [1.807, 2.05) is 27.0 Å². The molecule has 0 atom stereocenters. The molecule has 0 bridgehead atoms. The molecule has 2 aliphatic rings. The van der Waals surface area contributed by atoms with Crippen LogP contribution in [0.2, 0.25) is 0 Å². The molecule has 31 heavy (non-hydrogen) atoms. The fourth-order valence-corrected chi connectivity index (χ4v) is 4.36. The van der Waals surface area contributed by atoms with Gasteiger partial charge in [-0.25, -0.2) is 9.78 Å².